The molecule has 0 bridgehead atoms. The normalized spacial score (nSPS) is 10.1. The predicted octanol–water partition coefficient (Wildman–Crippen LogP) is 4.80. The molecule has 0 saturated heterocycles. The Morgan fingerprint density at radius 2 is 1.41 bits per heavy atom. The highest BCUT2D eigenvalue weighted by Crippen LogP contribution is 2.23. The van der Waals surface area contributed by atoms with Gasteiger partial charge in [-0.2, -0.15) is 0 Å². The van der Waals surface area contributed by atoms with Crippen LogP contribution in [0.3, 0.4) is 0 Å². The van der Waals surface area contributed by atoms with Crippen LogP contribution in [0.2, 0.25) is 0 Å². The first-order valence-corrected chi connectivity index (χ1v) is 9.26. The minimum Gasteiger partial charge on any atom is -0.496 e. The van der Waals surface area contributed by atoms with E-state index < -0.39 is 0 Å². The third kappa shape index (κ3) is 4.85. The van der Waals surface area contributed by atoms with Gasteiger partial charge in [-0.1, -0.05) is 24.3 Å². The number of benzene rings is 3. The van der Waals surface area contributed by atoms with Crippen molar-refractivity contribution in [1.82, 2.24) is 0 Å². The molecule has 0 radical (unpaired) electrons. The average Bonchev–Trinajstić information content (AvgIpc) is 2.68. The van der Waals surface area contributed by atoms with Gasteiger partial charge < -0.3 is 15.4 Å². The number of ether oxygens (including phenoxy) is 1. The lowest BCUT2D eigenvalue weighted by Crippen LogP contribution is -2.14. The highest BCUT2D eigenvalue weighted by atomic mass is 127. The van der Waals surface area contributed by atoms with Gasteiger partial charge in [0.1, 0.15) is 5.75 Å². The molecule has 0 unspecified atom stereocenters. The van der Waals surface area contributed by atoms with Crippen molar-refractivity contribution in [3.8, 4) is 5.75 Å². The first-order chi connectivity index (χ1) is 13.1. The van der Waals surface area contributed by atoms with Crippen molar-refractivity contribution >= 4 is 45.8 Å². The van der Waals surface area contributed by atoms with Crippen LogP contribution in [0.25, 0.3) is 0 Å². The maximum absolute atomic E-state index is 12.5. The van der Waals surface area contributed by atoms with Gasteiger partial charge in [-0.05, 0) is 71.1 Å². The van der Waals surface area contributed by atoms with Gasteiger partial charge in [0.15, 0.2) is 0 Å². The predicted molar refractivity (Wildman–Crippen MR) is 115 cm³/mol. The van der Waals surface area contributed by atoms with E-state index in [1.165, 1.54) is 0 Å². The summed E-state index contributed by atoms with van der Waals surface area (Å²) in [4.78, 5) is 24.7. The molecule has 0 fully saturated rings. The average molecular weight is 472 g/mol. The molecule has 6 heteroatoms. The van der Waals surface area contributed by atoms with Crippen molar-refractivity contribution in [2.75, 3.05) is 17.7 Å². The number of amides is 2. The van der Waals surface area contributed by atoms with Gasteiger partial charge in [0.05, 0.1) is 10.7 Å². The molecule has 136 valence electrons. The van der Waals surface area contributed by atoms with Crippen molar-refractivity contribution in [1.29, 1.82) is 0 Å². The number of hydrogen-bond donors (Lipinski definition) is 2. The molecule has 5 nitrogen and oxygen atoms in total. The van der Waals surface area contributed by atoms with Crippen LogP contribution in [0.15, 0.2) is 72.8 Å². The monoisotopic (exact) mass is 472 g/mol. The Morgan fingerprint density at radius 3 is 2.00 bits per heavy atom. The van der Waals surface area contributed by atoms with E-state index in [1.54, 1.807) is 61.7 Å². The third-order valence-electron chi connectivity index (χ3n) is 3.83. The Balaban J connectivity index is 1.71. The summed E-state index contributed by atoms with van der Waals surface area (Å²) in [5.74, 6) is 0.281. The van der Waals surface area contributed by atoms with Gasteiger partial charge in [-0.15, -0.1) is 0 Å². The maximum atomic E-state index is 12.5. The van der Waals surface area contributed by atoms with Crippen molar-refractivity contribution < 1.29 is 14.3 Å². The summed E-state index contributed by atoms with van der Waals surface area (Å²) in [5, 5.41) is 5.67. The summed E-state index contributed by atoms with van der Waals surface area (Å²) >= 11 is 2.12. The second-order valence-electron chi connectivity index (χ2n) is 5.70. The number of rotatable bonds is 5. The zero-order chi connectivity index (χ0) is 19.2. The summed E-state index contributed by atoms with van der Waals surface area (Å²) in [5.41, 5.74) is 2.29. The fourth-order valence-electron chi connectivity index (χ4n) is 2.48. The molecule has 0 aromatic heterocycles. The smallest absolute Gasteiger partial charge is 0.255 e. The zero-order valence-corrected chi connectivity index (χ0v) is 16.7. The summed E-state index contributed by atoms with van der Waals surface area (Å²) in [6.45, 7) is 0. The van der Waals surface area contributed by atoms with Crippen LogP contribution in [-0.4, -0.2) is 18.9 Å². The van der Waals surface area contributed by atoms with Crippen molar-refractivity contribution in [3.63, 3.8) is 0 Å². The van der Waals surface area contributed by atoms with Crippen LogP contribution >= 0.6 is 22.6 Å². The SMILES string of the molecule is COc1ccc(C(=O)Nc2cccc(NC(=O)c3ccccc3)c2)cc1I. The Morgan fingerprint density at radius 1 is 0.778 bits per heavy atom. The topological polar surface area (TPSA) is 67.4 Å². The largest absolute Gasteiger partial charge is 0.496 e. The molecular formula is C21H17IN2O3. The molecular weight excluding hydrogens is 455 g/mol. The van der Waals surface area contributed by atoms with Crippen LogP contribution in [0.5, 0.6) is 5.75 Å². The van der Waals surface area contributed by atoms with E-state index in [0.717, 1.165) is 9.32 Å². The molecule has 0 saturated carbocycles. The van der Waals surface area contributed by atoms with E-state index in [0.29, 0.717) is 22.5 Å². The van der Waals surface area contributed by atoms with E-state index in [4.69, 9.17) is 4.74 Å². The molecule has 0 heterocycles. The number of nitrogens with one attached hydrogen (secondary N) is 2. The van der Waals surface area contributed by atoms with E-state index in [2.05, 4.69) is 33.2 Å². The molecule has 3 aromatic carbocycles. The van der Waals surface area contributed by atoms with E-state index in [1.807, 2.05) is 18.2 Å². The first-order valence-electron chi connectivity index (χ1n) is 8.18. The van der Waals surface area contributed by atoms with Gasteiger partial charge in [-0.3, -0.25) is 9.59 Å². The summed E-state index contributed by atoms with van der Waals surface area (Å²) in [7, 11) is 1.59. The molecule has 2 amide bonds. The molecule has 0 spiro atoms. The zero-order valence-electron chi connectivity index (χ0n) is 14.5. The van der Waals surface area contributed by atoms with Crippen LogP contribution in [0, 0.1) is 3.57 Å². The maximum Gasteiger partial charge on any atom is 0.255 e. The summed E-state index contributed by atoms with van der Waals surface area (Å²) in [6.07, 6.45) is 0. The fourth-order valence-corrected chi connectivity index (χ4v) is 3.21. The standard InChI is InChI=1S/C21H17IN2O3/c1-27-19-11-10-15(12-18(19)22)21(26)24-17-9-5-8-16(13-17)23-20(25)14-6-3-2-4-7-14/h2-13H,1H3,(H,23,25)(H,24,26). The van der Waals surface area contributed by atoms with E-state index in [9.17, 15) is 9.59 Å². The van der Waals surface area contributed by atoms with Crippen molar-refractivity contribution in [2.45, 2.75) is 0 Å². The number of anilines is 2. The van der Waals surface area contributed by atoms with Gasteiger partial charge in [-0.25, -0.2) is 0 Å². The lowest BCUT2D eigenvalue weighted by molar-refractivity contribution is 0.101. The van der Waals surface area contributed by atoms with Crippen LogP contribution in [-0.2, 0) is 0 Å². The Bertz CT molecular complexity index is 974. The number of carbonyl (C=O) groups is 2. The third-order valence-corrected chi connectivity index (χ3v) is 4.67. The van der Waals surface area contributed by atoms with Crippen molar-refractivity contribution in [2.24, 2.45) is 0 Å². The number of hydrogen-bond acceptors (Lipinski definition) is 3. The minimum atomic E-state index is -0.234. The number of halogens is 1. The Hall–Kier alpha value is -2.87. The molecule has 0 atom stereocenters. The lowest BCUT2D eigenvalue weighted by atomic mass is 10.2. The van der Waals surface area contributed by atoms with Gasteiger partial charge in [0, 0.05) is 22.5 Å². The molecule has 3 aromatic rings. The highest BCUT2D eigenvalue weighted by Gasteiger charge is 2.10. The van der Waals surface area contributed by atoms with E-state index in [-0.39, 0.29) is 11.8 Å². The van der Waals surface area contributed by atoms with Gasteiger partial charge in [0.25, 0.3) is 11.8 Å². The Labute approximate surface area is 170 Å². The van der Waals surface area contributed by atoms with E-state index >= 15 is 0 Å². The summed E-state index contributed by atoms with van der Waals surface area (Å²) in [6, 6.07) is 21.2. The second-order valence-corrected chi connectivity index (χ2v) is 6.87. The number of methoxy groups -OCH3 is 1. The first kappa shape index (κ1) is 18.9. The molecule has 3 rings (SSSR count). The molecule has 0 aliphatic carbocycles. The molecule has 0 aliphatic rings. The lowest BCUT2D eigenvalue weighted by Gasteiger charge is -2.10. The van der Waals surface area contributed by atoms with Crippen LogP contribution < -0.4 is 15.4 Å². The van der Waals surface area contributed by atoms with Gasteiger partial charge >= 0.3 is 0 Å². The van der Waals surface area contributed by atoms with Crippen molar-refractivity contribution in [3.05, 3.63) is 87.5 Å². The summed E-state index contributed by atoms with van der Waals surface area (Å²) < 4.78 is 6.06. The second kappa shape index (κ2) is 8.68. The molecule has 0 aliphatic heterocycles. The van der Waals surface area contributed by atoms with Crippen LogP contribution in [0.4, 0.5) is 11.4 Å². The molecule has 2 N–H and O–H groups in total. The molecule has 27 heavy (non-hydrogen) atoms. The van der Waals surface area contributed by atoms with Gasteiger partial charge in [0.2, 0.25) is 0 Å². The number of carbonyl (C=O) groups excluding carboxylic acids is 2. The highest BCUT2D eigenvalue weighted by molar-refractivity contribution is 14.1. The Kier molecular flexibility index (Phi) is 6.08. The fraction of sp³-hybridized carbons (Fsp3) is 0.0476. The minimum absolute atomic E-state index is 0.205. The quantitative estimate of drug-likeness (QED) is 0.525. The van der Waals surface area contributed by atoms with Crippen LogP contribution in [0.1, 0.15) is 20.7 Å².